The molecule has 0 saturated carbocycles. The van der Waals surface area contributed by atoms with Crippen molar-refractivity contribution in [1.29, 1.82) is 0 Å². The van der Waals surface area contributed by atoms with Crippen molar-refractivity contribution in [2.45, 2.75) is 11.8 Å². The molecule has 6 heteroatoms. The molecule has 1 aliphatic rings. The monoisotopic (exact) mass is 354 g/mol. The van der Waals surface area contributed by atoms with Gasteiger partial charge in [0.05, 0.1) is 5.75 Å². The lowest BCUT2D eigenvalue weighted by atomic mass is 10.2. The summed E-state index contributed by atoms with van der Waals surface area (Å²) in [6, 6.07) is 13.6. The smallest absolute Gasteiger partial charge is 0.234 e. The first kappa shape index (κ1) is 15.9. The molecule has 0 bridgehead atoms. The zero-order valence-electron chi connectivity index (χ0n) is 13.8. The minimum atomic E-state index is -0.0497. The van der Waals surface area contributed by atoms with Gasteiger partial charge in [-0.3, -0.25) is 4.79 Å². The number of anilines is 1. The SMILES string of the molecule is Cc1[nH]c2ccccc2c1SCC(=O)Nc1ccc2c(c1)OCCO2. The maximum Gasteiger partial charge on any atom is 0.234 e. The Kier molecular flexibility index (Phi) is 4.28. The number of aromatic amines is 1. The molecule has 1 aromatic heterocycles. The summed E-state index contributed by atoms with van der Waals surface area (Å²) >= 11 is 1.54. The predicted octanol–water partition coefficient (Wildman–Crippen LogP) is 3.98. The molecule has 1 aliphatic heterocycles. The van der Waals surface area contributed by atoms with E-state index in [1.165, 1.54) is 0 Å². The van der Waals surface area contributed by atoms with Crippen LogP contribution in [0.15, 0.2) is 47.4 Å². The number of H-pyrrole nitrogens is 1. The number of para-hydroxylation sites is 1. The average molecular weight is 354 g/mol. The van der Waals surface area contributed by atoms with E-state index in [1.807, 2.05) is 37.3 Å². The second kappa shape index (κ2) is 6.72. The number of benzene rings is 2. The number of carbonyl (C=O) groups is 1. The Labute approximate surface area is 149 Å². The molecular formula is C19H18N2O3S. The van der Waals surface area contributed by atoms with Crippen LogP contribution in [0.5, 0.6) is 11.5 Å². The van der Waals surface area contributed by atoms with Gasteiger partial charge in [0, 0.05) is 33.2 Å². The molecule has 0 unspecified atom stereocenters. The molecule has 5 nitrogen and oxygen atoms in total. The molecule has 2 N–H and O–H groups in total. The lowest BCUT2D eigenvalue weighted by Gasteiger charge is -2.19. The van der Waals surface area contributed by atoms with E-state index in [2.05, 4.69) is 16.4 Å². The Balaban J connectivity index is 1.43. The van der Waals surface area contributed by atoms with E-state index in [1.54, 1.807) is 17.8 Å². The first-order valence-electron chi connectivity index (χ1n) is 8.10. The maximum atomic E-state index is 12.3. The summed E-state index contributed by atoms with van der Waals surface area (Å²) in [6.45, 7) is 3.11. The van der Waals surface area contributed by atoms with E-state index in [0.29, 0.717) is 36.2 Å². The van der Waals surface area contributed by atoms with E-state index in [-0.39, 0.29) is 5.91 Å². The molecule has 25 heavy (non-hydrogen) atoms. The van der Waals surface area contributed by atoms with Crippen molar-refractivity contribution >= 4 is 34.3 Å². The summed E-state index contributed by atoms with van der Waals surface area (Å²) in [4.78, 5) is 16.8. The number of aryl methyl sites for hydroxylation is 1. The molecule has 0 aliphatic carbocycles. The minimum Gasteiger partial charge on any atom is -0.486 e. The van der Waals surface area contributed by atoms with Gasteiger partial charge in [-0.2, -0.15) is 0 Å². The van der Waals surface area contributed by atoms with E-state index in [9.17, 15) is 4.79 Å². The average Bonchev–Trinajstić information content (AvgIpc) is 2.95. The molecular weight excluding hydrogens is 336 g/mol. The Morgan fingerprint density at radius 2 is 1.96 bits per heavy atom. The standard InChI is InChI=1S/C19H18N2O3S/c1-12-19(14-4-2-3-5-15(14)20-12)25-11-18(22)21-13-6-7-16-17(10-13)24-9-8-23-16/h2-7,10,20H,8-9,11H2,1H3,(H,21,22). The first-order valence-corrected chi connectivity index (χ1v) is 9.09. The van der Waals surface area contributed by atoms with Crippen LogP contribution in [0, 0.1) is 6.92 Å². The molecule has 128 valence electrons. The maximum absolute atomic E-state index is 12.3. The van der Waals surface area contributed by atoms with E-state index in [4.69, 9.17) is 9.47 Å². The van der Waals surface area contributed by atoms with Crippen LogP contribution in [0.2, 0.25) is 0 Å². The molecule has 4 rings (SSSR count). The topological polar surface area (TPSA) is 63.4 Å². The van der Waals surface area contributed by atoms with Gasteiger partial charge in [-0.15, -0.1) is 11.8 Å². The van der Waals surface area contributed by atoms with Gasteiger partial charge in [-0.1, -0.05) is 18.2 Å². The number of ether oxygens (including phenoxy) is 2. The van der Waals surface area contributed by atoms with Crippen LogP contribution < -0.4 is 14.8 Å². The first-order chi connectivity index (χ1) is 12.2. The number of aromatic nitrogens is 1. The Morgan fingerprint density at radius 1 is 1.16 bits per heavy atom. The van der Waals surface area contributed by atoms with Crippen LogP contribution in [0.1, 0.15) is 5.69 Å². The van der Waals surface area contributed by atoms with Crippen molar-refractivity contribution in [2.24, 2.45) is 0 Å². The lowest BCUT2D eigenvalue weighted by Crippen LogP contribution is -2.17. The molecule has 0 fully saturated rings. The molecule has 0 atom stereocenters. The number of hydrogen-bond donors (Lipinski definition) is 2. The van der Waals surface area contributed by atoms with Crippen molar-refractivity contribution in [3.63, 3.8) is 0 Å². The molecule has 2 aromatic carbocycles. The zero-order chi connectivity index (χ0) is 17.2. The van der Waals surface area contributed by atoms with E-state index >= 15 is 0 Å². The highest BCUT2D eigenvalue weighted by molar-refractivity contribution is 8.00. The van der Waals surface area contributed by atoms with Gasteiger partial charge in [0.15, 0.2) is 11.5 Å². The molecule has 1 amide bonds. The molecule has 0 spiro atoms. The number of rotatable bonds is 4. The zero-order valence-corrected chi connectivity index (χ0v) is 14.6. The summed E-state index contributed by atoms with van der Waals surface area (Å²) < 4.78 is 11.0. The fraction of sp³-hybridized carbons (Fsp3) is 0.211. The second-order valence-electron chi connectivity index (χ2n) is 5.82. The van der Waals surface area contributed by atoms with Crippen LogP contribution in [0.3, 0.4) is 0 Å². The summed E-state index contributed by atoms with van der Waals surface area (Å²) in [5.74, 6) is 1.68. The van der Waals surface area contributed by atoms with Crippen molar-refractivity contribution in [3.8, 4) is 11.5 Å². The van der Waals surface area contributed by atoms with Gasteiger partial charge in [-0.25, -0.2) is 0 Å². The van der Waals surface area contributed by atoms with Crippen molar-refractivity contribution in [1.82, 2.24) is 4.98 Å². The van der Waals surface area contributed by atoms with Crippen molar-refractivity contribution < 1.29 is 14.3 Å². The number of hydrogen-bond acceptors (Lipinski definition) is 4. The summed E-state index contributed by atoms with van der Waals surface area (Å²) in [7, 11) is 0. The lowest BCUT2D eigenvalue weighted by molar-refractivity contribution is -0.113. The number of thioether (sulfide) groups is 1. The number of amides is 1. The largest absolute Gasteiger partial charge is 0.486 e. The highest BCUT2D eigenvalue weighted by atomic mass is 32.2. The summed E-state index contributed by atoms with van der Waals surface area (Å²) in [5.41, 5.74) is 2.89. The number of fused-ring (bicyclic) bond motifs is 2. The Bertz CT molecular complexity index is 936. The van der Waals surface area contributed by atoms with Crippen molar-refractivity contribution in [3.05, 3.63) is 48.2 Å². The molecule has 2 heterocycles. The van der Waals surface area contributed by atoms with E-state index < -0.39 is 0 Å². The normalized spacial score (nSPS) is 13.0. The highest BCUT2D eigenvalue weighted by Gasteiger charge is 2.14. The second-order valence-corrected chi connectivity index (χ2v) is 6.81. The van der Waals surface area contributed by atoms with Gasteiger partial charge < -0.3 is 19.8 Å². The van der Waals surface area contributed by atoms with Gasteiger partial charge >= 0.3 is 0 Å². The molecule has 3 aromatic rings. The van der Waals surface area contributed by atoms with Gasteiger partial charge in [-0.05, 0) is 25.1 Å². The summed E-state index contributed by atoms with van der Waals surface area (Å²) in [5, 5.41) is 4.07. The number of carbonyl (C=O) groups excluding carboxylic acids is 1. The van der Waals surface area contributed by atoms with Gasteiger partial charge in [0.2, 0.25) is 5.91 Å². The quantitative estimate of drug-likeness (QED) is 0.696. The molecule has 0 saturated heterocycles. The van der Waals surface area contributed by atoms with Crippen LogP contribution in [0.25, 0.3) is 10.9 Å². The minimum absolute atomic E-state index is 0.0497. The predicted molar refractivity (Wildman–Crippen MR) is 99.8 cm³/mol. The third kappa shape index (κ3) is 3.30. The Morgan fingerprint density at radius 3 is 2.84 bits per heavy atom. The fourth-order valence-corrected chi connectivity index (χ4v) is 3.84. The Hall–Kier alpha value is -2.60. The fourth-order valence-electron chi connectivity index (χ4n) is 2.89. The van der Waals surface area contributed by atoms with Crippen LogP contribution in [-0.4, -0.2) is 29.9 Å². The van der Waals surface area contributed by atoms with Crippen LogP contribution in [-0.2, 0) is 4.79 Å². The van der Waals surface area contributed by atoms with Gasteiger partial charge in [0.25, 0.3) is 0 Å². The highest BCUT2D eigenvalue weighted by Crippen LogP contribution is 2.33. The third-order valence-corrected chi connectivity index (χ3v) is 5.23. The van der Waals surface area contributed by atoms with Crippen LogP contribution >= 0.6 is 11.8 Å². The molecule has 0 radical (unpaired) electrons. The number of nitrogens with one attached hydrogen (secondary N) is 2. The summed E-state index contributed by atoms with van der Waals surface area (Å²) in [6.07, 6.45) is 0. The van der Waals surface area contributed by atoms with Gasteiger partial charge in [0.1, 0.15) is 13.2 Å². The third-order valence-electron chi connectivity index (χ3n) is 4.01. The van der Waals surface area contributed by atoms with Crippen molar-refractivity contribution in [2.75, 3.05) is 24.3 Å². The van der Waals surface area contributed by atoms with Crippen LogP contribution in [0.4, 0.5) is 5.69 Å². The van der Waals surface area contributed by atoms with E-state index in [0.717, 1.165) is 21.5 Å².